The van der Waals surface area contributed by atoms with Gasteiger partial charge in [0.1, 0.15) is 0 Å². The normalized spacial score (nSPS) is 17.4. The zero-order chi connectivity index (χ0) is 20.2. The molecule has 2 aliphatic rings. The van der Waals surface area contributed by atoms with Crippen LogP contribution < -0.4 is 15.1 Å². The van der Waals surface area contributed by atoms with Gasteiger partial charge >= 0.3 is 6.03 Å². The van der Waals surface area contributed by atoms with Gasteiger partial charge in [-0.2, -0.15) is 5.10 Å². The summed E-state index contributed by atoms with van der Waals surface area (Å²) >= 11 is 6.14. The number of ether oxygens (including phenoxy) is 1. The highest BCUT2D eigenvalue weighted by Gasteiger charge is 2.23. The number of benzene rings is 1. The van der Waals surface area contributed by atoms with E-state index in [1.165, 1.54) is 0 Å². The first-order chi connectivity index (χ1) is 14.1. The predicted octanol–water partition coefficient (Wildman–Crippen LogP) is 2.63. The van der Waals surface area contributed by atoms with Crippen molar-refractivity contribution in [2.45, 2.75) is 6.92 Å². The zero-order valence-corrected chi connectivity index (χ0v) is 17.2. The summed E-state index contributed by atoms with van der Waals surface area (Å²) < 4.78 is 5.42. The second kappa shape index (κ2) is 8.84. The Morgan fingerprint density at radius 2 is 1.83 bits per heavy atom. The minimum atomic E-state index is -0.113. The van der Waals surface area contributed by atoms with Crippen LogP contribution in [0.3, 0.4) is 0 Å². The maximum atomic E-state index is 12.6. The first-order valence-corrected chi connectivity index (χ1v) is 10.2. The number of urea groups is 1. The van der Waals surface area contributed by atoms with Gasteiger partial charge in [0.2, 0.25) is 0 Å². The summed E-state index contributed by atoms with van der Waals surface area (Å²) in [6.07, 6.45) is 1.80. The molecule has 2 aromatic rings. The quantitative estimate of drug-likeness (QED) is 0.829. The van der Waals surface area contributed by atoms with Gasteiger partial charge in [0.05, 0.1) is 25.1 Å². The van der Waals surface area contributed by atoms with Gasteiger partial charge in [-0.05, 0) is 24.6 Å². The lowest BCUT2D eigenvalue weighted by molar-refractivity contribution is 0.122. The molecule has 2 amide bonds. The number of hydrogen-bond acceptors (Lipinski definition) is 6. The summed E-state index contributed by atoms with van der Waals surface area (Å²) in [5.41, 5.74) is 2.76. The minimum absolute atomic E-state index is 0.113. The SMILES string of the molecule is Cc1ccc(NC(=O)N2CCN(c3cc(N4CCOCC4)cnn3)CC2)cc1Cl. The van der Waals surface area contributed by atoms with E-state index in [1.54, 1.807) is 12.3 Å². The standard InChI is InChI=1S/C20H25ClN6O2/c1-15-2-3-16(12-18(15)21)23-20(28)27-6-4-26(5-7-27)19-13-17(14-22-24-19)25-8-10-29-11-9-25/h2-3,12-14H,4-11H2,1H3,(H,23,28). The summed E-state index contributed by atoms with van der Waals surface area (Å²) in [7, 11) is 0. The smallest absolute Gasteiger partial charge is 0.321 e. The molecular weight excluding hydrogens is 392 g/mol. The highest BCUT2D eigenvalue weighted by Crippen LogP contribution is 2.22. The topological polar surface area (TPSA) is 73.8 Å². The van der Waals surface area contributed by atoms with E-state index in [0.29, 0.717) is 36.9 Å². The van der Waals surface area contributed by atoms with Gasteiger partial charge in [-0.1, -0.05) is 17.7 Å². The summed E-state index contributed by atoms with van der Waals surface area (Å²) in [5, 5.41) is 12.0. The van der Waals surface area contributed by atoms with E-state index in [1.807, 2.05) is 24.0 Å². The van der Waals surface area contributed by atoms with Crippen LogP contribution in [0, 0.1) is 6.92 Å². The van der Waals surface area contributed by atoms with Gasteiger partial charge < -0.3 is 24.8 Å². The van der Waals surface area contributed by atoms with Crippen LogP contribution in [-0.2, 0) is 4.74 Å². The first kappa shape index (κ1) is 19.7. The summed E-state index contributed by atoms with van der Waals surface area (Å²) in [4.78, 5) is 18.8. The van der Waals surface area contributed by atoms with Crippen LogP contribution in [0.1, 0.15) is 5.56 Å². The first-order valence-electron chi connectivity index (χ1n) is 9.82. The van der Waals surface area contributed by atoms with Crippen molar-refractivity contribution in [3.05, 3.63) is 41.0 Å². The number of carbonyl (C=O) groups excluding carboxylic acids is 1. The molecule has 1 aromatic carbocycles. The molecule has 1 aromatic heterocycles. The van der Waals surface area contributed by atoms with E-state index >= 15 is 0 Å². The third kappa shape index (κ3) is 4.71. The van der Waals surface area contributed by atoms with Gasteiger partial charge in [0.25, 0.3) is 0 Å². The summed E-state index contributed by atoms with van der Waals surface area (Å²) in [6.45, 7) is 7.79. The molecule has 29 heavy (non-hydrogen) atoms. The maximum Gasteiger partial charge on any atom is 0.321 e. The van der Waals surface area contributed by atoms with Crippen LogP contribution in [0.2, 0.25) is 5.02 Å². The van der Waals surface area contributed by atoms with Gasteiger partial charge in [-0.15, -0.1) is 5.10 Å². The molecule has 0 aliphatic carbocycles. The lowest BCUT2D eigenvalue weighted by atomic mass is 10.2. The van der Waals surface area contributed by atoms with Crippen LogP contribution >= 0.6 is 11.6 Å². The fraction of sp³-hybridized carbons (Fsp3) is 0.450. The number of piperazine rings is 1. The molecule has 0 saturated carbocycles. The third-order valence-corrected chi connectivity index (χ3v) is 5.72. The van der Waals surface area contributed by atoms with Crippen LogP contribution in [-0.4, -0.2) is 73.6 Å². The van der Waals surface area contributed by atoms with Crippen LogP contribution in [0.25, 0.3) is 0 Å². The second-order valence-electron chi connectivity index (χ2n) is 7.24. The molecule has 2 aliphatic heterocycles. The minimum Gasteiger partial charge on any atom is -0.378 e. The van der Waals surface area contributed by atoms with E-state index in [4.69, 9.17) is 16.3 Å². The number of nitrogens with zero attached hydrogens (tertiary/aromatic N) is 5. The average Bonchev–Trinajstić information content (AvgIpc) is 2.77. The molecule has 3 heterocycles. The van der Waals surface area contributed by atoms with Crippen molar-refractivity contribution < 1.29 is 9.53 Å². The Balaban J connectivity index is 1.34. The number of nitrogens with one attached hydrogen (secondary N) is 1. The summed E-state index contributed by atoms with van der Waals surface area (Å²) in [6, 6.07) is 7.50. The van der Waals surface area contributed by atoms with Crippen LogP contribution in [0.15, 0.2) is 30.5 Å². The molecule has 8 nitrogen and oxygen atoms in total. The fourth-order valence-corrected chi connectivity index (χ4v) is 3.69. The molecule has 2 saturated heterocycles. The van der Waals surface area contributed by atoms with Gasteiger partial charge in [0, 0.05) is 56.0 Å². The second-order valence-corrected chi connectivity index (χ2v) is 7.65. The highest BCUT2D eigenvalue weighted by atomic mass is 35.5. The number of anilines is 3. The molecule has 154 valence electrons. The van der Waals surface area contributed by atoms with E-state index in [2.05, 4.69) is 31.4 Å². The predicted molar refractivity (Wildman–Crippen MR) is 114 cm³/mol. The Morgan fingerprint density at radius 1 is 1.07 bits per heavy atom. The van der Waals surface area contributed by atoms with Crippen molar-refractivity contribution in [1.29, 1.82) is 0 Å². The number of rotatable bonds is 3. The van der Waals surface area contributed by atoms with Crippen molar-refractivity contribution in [3.8, 4) is 0 Å². The average molecular weight is 417 g/mol. The van der Waals surface area contributed by atoms with E-state index in [-0.39, 0.29) is 6.03 Å². The van der Waals surface area contributed by atoms with Crippen molar-refractivity contribution in [2.75, 3.05) is 67.6 Å². The van der Waals surface area contributed by atoms with Crippen molar-refractivity contribution in [3.63, 3.8) is 0 Å². The van der Waals surface area contributed by atoms with E-state index in [9.17, 15) is 4.79 Å². The molecule has 0 unspecified atom stereocenters. The van der Waals surface area contributed by atoms with Crippen LogP contribution in [0.5, 0.6) is 0 Å². The lowest BCUT2D eigenvalue weighted by Crippen LogP contribution is -2.50. The van der Waals surface area contributed by atoms with Crippen LogP contribution in [0.4, 0.5) is 22.0 Å². The van der Waals surface area contributed by atoms with E-state index in [0.717, 1.165) is 43.4 Å². The Hall–Kier alpha value is -2.58. The molecule has 2 fully saturated rings. The Bertz CT molecular complexity index is 866. The molecule has 0 bridgehead atoms. The fourth-order valence-electron chi connectivity index (χ4n) is 3.51. The number of halogens is 1. The highest BCUT2D eigenvalue weighted by molar-refractivity contribution is 6.31. The number of aryl methyl sites for hydroxylation is 1. The largest absolute Gasteiger partial charge is 0.378 e. The molecule has 9 heteroatoms. The van der Waals surface area contributed by atoms with E-state index < -0.39 is 0 Å². The molecule has 0 atom stereocenters. The monoisotopic (exact) mass is 416 g/mol. The number of hydrogen-bond donors (Lipinski definition) is 1. The number of carbonyl (C=O) groups is 1. The number of aromatic nitrogens is 2. The lowest BCUT2D eigenvalue weighted by Gasteiger charge is -2.35. The number of morpholine rings is 1. The van der Waals surface area contributed by atoms with Crippen molar-refractivity contribution >= 4 is 34.8 Å². The molecule has 1 N–H and O–H groups in total. The van der Waals surface area contributed by atoms with Gasteiger partial charge in [-0.25, -0.2) is 4.79 Å². The van der Waals surface area contributed by atoms with Crippen molar-refractivity contribution in [1.82, 2.24) is 15.1 Å². The molecule has 0 spiro atoms. The number of amides is 2. The zero-order valence-electron chi connectivity index (χ0n) is 16.5. The van der Waals surface area contributed by atoms with Gasteiger partial charge in [-0.3, -0.25) is 0 Å². The summed E-state index contributed by atoms with van der Waals surface area (Å²) in [5.74, 6) is 0.847. The van der Waals surface area contributed by atoms with Crippen molar-refractivity contribution in [2.24, 2.45) is 0 Å². The van der Waals surface area contributed by atoms with Gasteiger partial charge in [0.15, 0.2) is 5.82 Å². The Kier molecular flexibility index (Phi) is 6.01. The third-order valence-electron chi connectivity index (χ3n) is 5.32. The Morgan fingerprint density at radius 3 is 2.55 bits per heavy atom. The molecule has 0 radical (unpaired) electrons. The molecule has 4 rings (SSSR count). The Labute approximate surface area is 175 Å². The molecular formula is C20H25ClN6O2. The maximum absolute atomic E-state index is 12.6.